The molecule has 2 unspecified atom stereocenters. The number of para-hydroxylation sites is 1. The molecule has 25 heavy (non-hydrogen) atoms. The third-order valence-electron chi connectivity index (χ3n) is 4.93. The van der Waals surface area contributed by atoms with Crippen LogP contribution in [0.2, 0.25) is 0 Å². The number of benzene rings is 1. The lowest BCUT2D eigenvalue weighted by atomic mass is 10.1. The summed E-state index contributed by atoms with van der Waals surface area (Å²) in [6.07, 6.45) is 4.10. The van der Waals surface area contributed by atoms with E-state index in [4.69, 9.17) is 4.74 Å². The highest BCUT2D eigenvalue weighted by atomic mass is 16.5. The van der Waals surface area contributed by atoms with Gasteiger partial charge < -0.3 is 15.0 Å². The van der Waals surface area contributed by atoms with E-state index in [0.717, 1.165) is 36.0 Å². The molecule has 6 heteroatoms. The van der Waals surface area contributed by atoms with Crippen LogP contribution in [-0.4, -0.2) is 42.6 Å². The largest absolute Gasteiger partial charge is 0.376 e. The van der Waals surface area contributed by atoms with Crippen LogP contribution in [0.25, 0.3) is 10.9 Å². The highest BCUT2D eigenvalue weighted by molar-refractivity contribution is 6.05. The van der Waals surface area contributed by atoms with Crippen LogP contribution in [0, 0.1) is 5.92 Å². The van der Waals surface area contributed by atoms with Crippen molar-refractivity contribution >= 4 is 28.4 Å². The summed E-state index contributed by atoms with van der Waals surface area (Å²) < 4.78 is 5.53. The van der Waals surface area contributed by atoms with Crippen molar-refractivity contribution in [2.75, 3.05) is 24.6 Å². The highest BCUT2D eigenvalue weighted by Crippen LogP contribution is 2.30. The second-order valence-corrected chi connectivity index (χ2v) is 6.64. The molecule has 2 aromatic rings. The predicted octanol–water partition coefficient (Wildman–Crippen LogP) is 1.88. The number of hydrogen-bond donors (Lipinski definition) is 1. The Morgan fingerprint density at radius 1 is 1.32 bits per heavy atom. The van der Waals surface area contributed by atoms with Crippen molar-refractivity contribution in [3.8, 4) is 0 Å². The van der Waals surface area contributed by atoms with Crippen LogP contribution in [0.1, 0.15) is 19.3 Å². The molecule has 1 N–H and O–H groups in total. The Morgan fingerprint density at radius 3 is 3.04 bits per heavy atom. The molecular formula is C19H21N3O3. The molecular weight excluding hydrogens is 318 g/mol. The standard InChI is InChI=1S/C19H21N3O3/c23-17-10-14(19(24)21-11-15-6-3-9-25-15)12-22(17)16-7-1-4-13-5-2-8-20-18(13)16/h1-2,4-5,7-8,14-15H,3,6,9-12H2,(H,21,24). The predicted molar refractivity (Wildman–Crippen MR) is 94.2 cm³/mol. The van der Waals surface area contributed by atoms with E-state index < -0.39 is 0 Å². The van der Waals surface area contributed by atoms with Gasteiger partial charge in [0.25, 0.3) is 0 Å². The van der Waals surface area contributed by atoms with Gasteiger partial charge in [-0.1, -0.05) is 18.2 Å². The average Bonchev–Trinajstić information content (AvgIpc) is 3.29. The lowest BCUT2D eigenvalue weighted by Crippen LogP contribution is -2.37. The fraction of sp³-hybridized carbons (Fsp3) is 0.421. The van der Waals surface area contributed by atoms with E-state index in [1.165, 1.54) is 0 Å². The highest BCUT2D eigenvalue weighted by Gasteiger charge is 2.36. The van der Waals surface area contributed by atoms with Gasteiger partial charge in [-0.15, -0.1) is 0 Å². The molecule has 130 valence electrons. The molecule has 2 atom stereocenters. The molecule has 2 saturated heterocycles. The second-order valence-electron chi connectivity index (χ2n) is 6.64. The van der Waals surface area contributed by atoms with Crippen LogP contribution in [0.15, 0.2) is 36.5 Å². The van der Waals surface area contributed by atoms with Gasteiger partial charge in [0, 0.05) is 37.7 Å². The molecule has 6 nitrogen and oxygen atoms in total. The smallest absolute Gasteiger partial charge is 0.227 e. The Hall–Kier alpha value is -2.47. The van der Waals surface area contributed by atoms with E-state index in [0.29, 0.717) is 13.1 Å². The van der Waals surface area contributed by atoms with E-state index in [1.54, 1.807) is 11.1 Å². The number of pyridine rings is 1. The summed E-state index contributed by atoms with van der Waals surface area (Å²) in [7, 11) is 0. The van der Waals surface area contributed by atoms with E-state index in [1.807, 2.05) is 30.3 Å². The maximum atomic E-state index is 12.5. The first-order valence-corrected chi connectivity index (χ1v) is 8.76. The first-order valence-electron chi connectivity index (χ1n) is 8.76. The van der Waals surface area contributed by atoms with Gasteiger partial charge in [-0.25, -0.2) is 0 Å². The zero-order valence-corrected chi connectivity index (χ0v) is 14.0. The van der Waals surface area contributed by atoms with E-state index in [-0.39, 0.29) is 30.3 Å². The number of amides is 2. The molecule has 4 rings (SSSR count). The Balaban J connectivity index is 1.47. The number of rotatable bonds is 4. The topological polar surface area (TPSA) is 71.5 Å². The Morgan fingerprint density at radius 2 is 2.20 bits per heavy atom. The molecule has 1 aromatic heterocycles. The number of nitrogens with zero attached hydrogens (tertiary/aromatic N) is 2. The maximum Gasteiger partial charge on any atom is 0.227 e. The third kappa shape index (κ3) is 3.22. The summed E-state index contributed by atoms with van der Waals surface area (Å²) in [6, 6.07) is 9.62. The van der Waals surface area contributed by atoms with Crippen LogP contribution in [0.3, 0.4) is 0 Å². The summed E-state index contributed by atoms with van der Waals surface area (Å²) in [4.78, 5) is 31.0. The number of ether oxygens (including phenoxy) is 1. The molecule has 3 heterocycles. The van der Waals surface area contributed by atoms with Crippen molar-refractivity contribution in [2.45, 2.75) is 25.4 Å². The molecule has 2 amide bonds. The monoisotopic (exact) mass is 339 g/mol. The lowest BCUT2D eigenvalue weighted by Gasteiger charge is -2.18. The van der Waals surface area contributed by atoms with E-state index in [9.17, 15) is 9.59 Å². The number of nitrogens with one attached hydrogen (secondary N) is 1. The van der Waals surface area contributed by atoms with Crippen molar-refractivity contribution < 1.29 is 14.3 Å². The molecule has 2 aliphatic heterocycles. The number of carbonyl (C=O) groups is 2. The van der Waals surface area contributed by atoms with Crippen molar-refractivity contribution in [3.05, 3.63) is 36.5 Å². The fourth-order valence-corrected chi connectivity index (χ4v) is 3.59. The summed E-state index contributed by atoms with van der Waals surface area (Å²) in [5.74, 6) is -0.428. The van der Waals surface area contributed by atoms with Crippen molar-refractivity contribution in [2.24, 2.45) is 5.92 Å². The summed E-state index contributed by atoms with van der Waals surface area (Å²) in [6.45, 7) is 1.69. The van der Waals surface area contributed by atoms with Gasteiger partial charge in [-0.05, 0) is 25.0 Å². The normalized spacial score (nSPS) is 23.4. The minimum absolute atomic E-state index is 0.0320. The first kappa shape index (κ1) is 16.0. The molecule has 0 bridgehead atoms. The number of carbonyl (C=O) groups excluding carboxylic acids is 2. The number of aromatic nitrogens is 1. The zero-order chi connectivity index (χ0) is 17.2. The van der Waals surface area contributed by atoms with Gasteiger partial charge in [-0.3, -0.25) is 14.6 Å². The van der Waals surface area contributed by atoms with Crippen LogP contribution in [0.5, 0.6) is 0 Å². The maximum absolute atomic E-state index is 12.5. The molecule has 2 aliphatic rings. The molecule has 0 saturated carbocycles. The van der Waals surface area contributed by atoms with Gasteiger partial charge in [-0.2, -0.15) is 0 Å². The summed E-state index contributed by atoms with van der Waals surface area (Å²) in [5, 5.41) is 3.92. The van der Waals surface area contributed by atoms with Crippen molar-refractivity contribution in [1.82, 2.24) is 10.3 Å². The van der Waals surface area contributed by atoms with Gasteiger partial charge >= 0.3 is 0 Å². The van der Waals surface area contributed by atoms with Crippen molar-refractivity contribution in [1.29, 1.82) is 0 Å². The molecule has 1 aromatic carbocycles. The Labute approximate surface area is 146 Å². The quantitative estimate of drug-likeness (QED) is 0.923. The van der Waals surface area contributed by atoms with Crippen LogP contribution in [-0.2, 0) is 14.3 Å². The van der Waals surface area contributed by atoms with Crippen LogP contribution < -0.4 is 10.2 Å². The third-order valence-corrected chi connectivity index (χ3v) is 4.93. The molecule has 0 radical (unpaired) electrons. The molecule has 0 aliphatic carbocycles. The summed E-state index contributed by atoms with van der Waals surface area (Å²) in [5.41, 5.74) is 1.57. The minimum Gasteiger partial charge on any atom is -0.376 e. The summed E-state index contributed by atoms with van der Waals surface area (Å²) >= 11 is 0. The lowest BCUT2D eigenvalue weighted by molar-refractivity contribution is -0.126. The molecule has 0 spiro atoms. The second kappa shape index (κ2) is 6.80. The van der Waals surface area contributed by atoms with Gasteiger partial charge in [0.05, 0.1) is 23.2 Å². The molecule has 2 fully saturated rings. The van der Waals surface area contributed by atoms with Gasteiger partial charge in [0.15, 0.2) is 0 Å². The fourth-order valence-electron chi connectivity index (χ4n) is 3.59. The van der Waals surface area contributed by atoms with E-state index >= 15 is 0 Å². The van der Waals surface area contributed by atoms with Crippen molar-refractivity contribution in [3.63, 3.8) is 0 Å². The Kier molecular flexibility index (Phi) is 4.36. The number of hydrogen-bond acceptors (Lipinski definition) is 4. The van der Waals surface area contributed by atoms with Crippen LogP contribution >= 0.6 is 0 Å². The van der Waals surface area contributed by atoms with Gasteiger partial charge in [0.1, 0.15) is 0 Å². The van der Waals surface area contributed by atoms with Gasteiger partial charge in [0.2, 0.25) is 11.8 Å². The van der Waals surface area contributed by atoms with E-state index in [2.05, 4.69) is 10.3 Å². The average molecular weight is 339 g/mol. The number of anilines is 1. The Bertz CT molecular complexity index is 796. The SMILES string of the molecule is O=C(NCC1CCCO1)C1CC(=O)N(c2cccc3cccnc23)C1. The van der Waals surface area contributed by atoms with Crippen LogP contribution in [0.4, 0.5) is 5.69 Å². The minimum atomic E-state index is -0.326. The zero-order valence-electron chi connectivity index (χ0n) is 14.0. The first-order chi connectivity index (χ1) is 12.2. The number of fused-ring (bicyclic) bond motifs is 1.